The first-order valence-corrected chi connectivity index (χ1v) is 3.40. The molecular weight excluding hydrogens is 98.1 g/mol. The van der Waals surface area contributed by atoms with Gasteiger partial charge in [-0.3, -0.25) is 0 Å². The highest BCUT2D eigenvalue weighted by atomic mass is 14.9. The van der Waals surface area contributed by atoms with E-state index in [0.717, 1.165) is 19.0 Å². The summed E-state index contributed by atoms with van der Waals surface area (Å²) in [7, 11) is 0. The van der Waals surface area contributed by atoms with Gasteiger partial charge in [0.15, 0.2) is 0 Å². The maximum absolute atomic E-state index is 4.30. The molecule has 0 spiro atoms. The maximum atomic E-state index is 4.30. The van der Waals surface area contributed by atoms with Crippen LogP contribution < -0.4 is 5.32 Å². The number of rotatable bonds is 1. The molecular formula is C7H13N. The van der Waals surface area contributed by atoms with E-state index >= 15 is 0 Å². The molecule has 46 valence electrons. The summed E-state index contributed by atoms with van der Waals surface area (Å²) < 4.78 is 0. The van der Waals surface area contributed by atoms with E-state index in [2.05, 4.69) is 18.7 Å². The zero-order valence-corrected chi connectivity index (χ0v) is 5.43. The number of hydrogen-bond donors (Lipinski definition) is 0. The van der Waals surface area contributed by atoms with E-state index in [0.29, 0.717) is 0 Å². The molecule has 0 aromatic heterocycles. The van der Waals surface area contributed by atoms with Gasteiger partial charge in [0.1, 0.15) is 0 Å². The first-order chi connectivity index (χ1) is 3.93. The fourth-order valence-electron chi connectivity index (χ4n) is 1.03. The third kappa shape index (κ3) is 1.48. The predicted octanol–water partition coefficient (Wildman–Crippen LogP) is 1.22. The summed E-state index contributed by atoms with van der Waals surface area (Å²) >= 11 is 0. The third-order valence-electron chi connectivity index (χ3n) is 1.68. The Labute approximate surface area is 51.5 Å². The van der Waals surface area contributed by atoms with Crippen LogP contribution in [0.1, 0.15) is 19.8 Å². The van der Waals surface area contributed by atoms with Gasteiger partial charge in [-0.1, -0.05) is 13.3 Å². The van der Waals surface area contributed by atoms with Crippen LogP contribution in [0.25, 0.3) is 0 Å². The smallest absolute Gasteiger partial charge is 0.0164 e. The van der Waals surface area contributed by atoms with Gasteiger partial charge >= 0.3 is 0 Å². The number of nitrogens with zero attached hydrogens (tertiary/aromatic N) is 1. The second-order valence-corrected chi connectivity index (χ2v) is 2.32. The van der Waals surface area contributed by atoms with E-state index < -0.39 is 0 Å². The summed E-state index contributed by atoms with van der Waals surface area (Å²) in [4.78, 5) is 0. The summed E-state index contributed by atoms with van der Waals surface area (Å²) in [5.41, 5.74) is 0. The van der Waals surface area contributed by atoms with Crippen LogP contribution in [0, 0.1) is 12.3 Å². The molecule has 0 N–H and O–H groups in total. The van der Waals surface area contributed by atoms with Crippen molar-refractivity contribution in [2.75, 3.05) is 13.1 Å². The van der Waals surface area contributed by atoms with Crippen molar-refractivity contribution in [1.82, 2.24) is 5.32 Å². The summed E-state index contributed by atoms with van der Waals surface area (Å²) in [5.74, 6) is 0.795. The molecule has 0 aromatic carbocycles. The number of piperidine rings is 1. The minimum Gasteiger partial charge on any atom is -0.241 e. The summed E-state index contributed by atoms with van der Waals surface area (Å²) in [5, 5.41) is 4.30. The fourth-order valence-corrected chi connectivity index (χ4v) is 1.03. The van der Waals surface area contributed by atoms with Crippen LogP contribution >= 0.6 is 0 Å². The van der Waals surface area contributed by atoms with E-state index in [1.807, 2.05) is 0 Å². The van der Waals surface area contributed by atoms with E-state index in [1.54, 1.807) is 0 Å². The van der Waals surface area contributed by atoms with Gasteiger partial charge in [-0.25, -0.2) is 5.32 Å². The topological polar surface area (TPSA) is 14.1 Å². The molecule has 1 saturated heterocycles. The Morgan fingerprint density at radius 1 is 1.75 bits per heavy atom. The Balaban J connectivity index is 2.13. The van der Waals surface area contributed by atoms with Crippen molar-refractivity contribution in [2.45, 2.75) is 19.8 Å². The highest BCUT2D eigenvalue weighted by Gasteiger charge is 2.10. The second-order valence-electron chi connectivity index (χ2n) is 2.32. The van der Waals surface area contributed by atoms with Crippen molar-refractivity contribution in [2.24, 2.45) is 5.92 Å². The molecule has 0 bridgehead atoms. The minimum atomic E-state index is 0.795. The molecule has 1 aliphatic rings. The molecule has 8 heavy (non-hydrogen) atoms. The van der Waals surface area contributed by atoms with Crippen LogP contribution in [0.4, 0.5) is 0 Å². The predicted molar refractivity (Wildman–Crippen MR) is 34.6 cm³/mol. The van der Waals surface area contributed by atoms with Crippen LogP contribution in [0.15, 0.2) is 0 Å². The molecule has 1 heterocycles. The lowest BCUT2D eigenvalue weighted by Gasteiger charge is -2.18. The van der Waals surface area contributed by atoms with Crippen LogP contribution in [0.5, 0.6) is 0 Å². The molecule has 1 fully saturated rings. The summed E-state index contributed by atoms with van der Waals surface area (Å²) in [6.45, 7) is 4.37. The molecule has 0 aliphatic carbocycles. The Morgan fingerprint density at radius 3 is 3.00 bits per heavy atom. The van der Waals surface area contributed by atoms with Gasteiger partial charge in [0.2, 0.25) is 0 Å². The van der Waals surface area contributed by atoms with Crippen molar-refractivity contribution < 1.29 is 0 Å². The zero-order valence-electron chi connectivity index (χ0n) is 5.43. The van der Waals surface area contributed by atoms with Crippen LogP contribution in [-0.4, -0.2) is 13.1 Å². The minimum absolute atomic E-state index is 0.795. The van der Waals surface area contributed by atoms with Gasteiger partial charge in [0, 0.05) is 13.1 Å². The molecule has 1 nitrogen and oxygen atoms in total. The van der Waals surface area contributed by atoms with Gasteiger partial charge in [0.25, 0.3) is 0 Å². The van der Waals surface area contributed by atoms with Crippen molar-refractivity contribution in [3.05, 3.63) is 6.42 Å². The van der Waals surface area contributed by atoms with Gasteiger partial charge in [-0.05, 0) is 18.8 Å². The van der Waals surface area contributed by atoms with Crippen molar-refractivity contribution >= 4 is 0 Å². The molecule has 2 radical (unpaired) electrons. The monoisotopic (exact) mass is 111 g/mol. The second kappa shape index (κ2) is 3.08. The fraction of sp³-hybridized carbons (Fsp3) is 0.857. The first-order valence-electron chi connectivity index (χ1n) is 3.40. The van der Waals surface area contributed by atoms with Gasteiger partial charge in [-0.2, -0.15) is 0 Å². The maximum Gasteiger partial charge on any atom is 0.0164 e. The quantitative estimate of drug-likeness (QED) is 0.483. The van der Waals surface area contributed by atoms with Crippen molar-refractivity contribution in [3.8, 4) is 0 Å². The largest absolute Gasteiger partial charge is 0.241 e. The van der Waals surface area contributed by atoms with Crippen LogP contribution in [0.3, 0.4) is 0 Å². The lowest BCUT2D eigenvalue weighted by molar-refractivity contribution is 0.447. The van der Waals surface area contributed by atoms with Crippen LogP contribution in [0.2, 0.25) is 0 Å². The molecule has 0 saturated carbocycles. The molecule has 0 amide bonds. The third-order valence-corrected chi connectivity index (χ3v) is 1.68. The normalized spacial score (nSPS) is 30.4. The van der Waals surface area contributed by atoms with E-state index in [9.17, 15) is 0 Å². The van der Waals surface area contributed by atoms with E-state index in [4.69, 9.17) is 0 Å². The lowest BCUT2D eigenvalue weighted by Crippen LogP contribution is -2.23. The van der Waals surface area contributed by atoms with Crippen LogP contribution in [-0.2, 0) is 0 Å². The molecule has 1 atom stereocenters. The first kappa shape index (κ1) is 6.09. The average molecular weight is 111 g/mol. The zero-order chi connectivity index (χ0) is 5.82. The van der Waals surface area contributed by atoms with Crippen molar-refractivity contribution in [3.63, 3.8) is 0 Å². The Morgan fingerprint density at radius 2 is 2.62 bits per heavy atom. The SMILES string of the molecule is CCC1[CH]CC[N]C1. The Bertz CT molecular complexity index is 55.4. The Kier molecular flexibility index (Phi) is 2.34. The molecule has 1 rings (SSSR count). The van der Waals surface area contributed by atoms with Gasteiger partial charge in [0.05, 0.1) is 0 Å². The van der Waals surface area contributed by atoms with Gasteiger partial charge < -0.3 is 0 Å². The Hall–Kier alpha value is -0.0400. The van der Waals surface area contributed by atoms with Gasteiger partial charge in [-0.15, -0.1) is 0 Å². The molecule has 1 heteroatoms. The standard InChI is InChI=1S/C7H13N/c1-2-7-4-3-5-8-6-7/h4,7H,2-3,5-6H2,1H3. The average Bonchev–Trinajstić information content (AvgIpc) is 1.90. The van der Waals surface area contributed by atoms with Crippen molar-refractivity contribution in [1.29, 1.82) is 0 Å². The highest BCUT2D eigenvalue weighted by molar-refractivity contribution is 4.81. The van der Waals surface area contributed by atoms with E-state index in [-0.39, 0.29) is 0 Å². The molecule has 1 aliphatic heterocycles. The summed E-state index contributed by atoms with van der Waals surface area (Å²) in [6, 6.07) is 0. The van der Waals surface area contributed by atoms with E-state index in [1.165, 1.54) is 12.8 Å². The molecule has 1 unspecified atom stereocenters. The number of hydrogen-bond acceptors (Lipinski definition) is 0. The highest BCUT2D eigenvalue weighted by Crippen LogP contribution is 2.11. The lowest BCUT2D eigenvalue weighted by atomic mass is 9.97. The molecule has 0 aromatic rings. The summed E-state index contributed by atoms with van der Waals surface area (Å²) in [6.07, 6.45) is 4.87.